The van der Waals surface area contributed by atoms with Crippen molar-refractivity contribution in [2.45, 2.75) is 85.0 Å². The SMILES string of the molecule is CCCCCCCCCCCC(=O)O.Cc1ccc(C(=O)NCCO)c(C)c1. The lowest BCUT2D eigenvalue weighted by molar-refractivity contribution is -0.137. The van der Waals surface area contributed by atoms with E-state index >= 15 is 0 Å². The number of nitrogens with one attached hydrogen (secondary N) is 1. The third kappa shape index (κ3) is 14.2. The maximum absolute atomic E-state index is 11.5. The average molecular weight is 394 g/mol. The van der Waals surface area contributed by atoms with Gasteiger partial charge in [-0.1, -0.05) is 76.0 Å². The minimum atomic E-state index is -0.659. The molecule has 1 rings (SSSR count). The van der Waals surface area contributed by atoms with E-state index in [2.05, 4.69) is 12.2 Å². The lowest BCUT2D eigenvalue weighted by atomic mass is 10.1. The number of benzene rings is 1. The van der Waals surface area contributed by atoms with Gasteiger partial charge < -0.3 is 15.5 Å². The first-order valence-corrected chi connectivity index (χ1v) is 10.6. The molecule has 160 valence electrons. The van der Waals surface area contributed by atoms with Gasteiger partial charge in [0.05, 0.1) is 6.61 Å². The standard InChI is InChI=1S/C12H24O2.C11H15NO2/c1-2-3-4-5-6-7-8-9-10-11-12(13)14;1-8-3-4-10(9(2)7-8)11(14)12-5-6-13/h2-11H2,1H3,(H,13,14);3-4,7,13H,5-6H2,1-2H3,(H,12,14). The average Bonchev–Trinajstić information content (AvgIpc) is 2.65. The molecule has 0 spiro atoms. The molecule has 0 saturated heterocycles. The fourth-order valence-corrected chi connectivity index (χ4v) is 2.92. The number of carboxylic acid groups (broad SMARTS) is 1. The second-order valence-electron chi connectivity index (χ2n) is 7.27. The summed E-state index contributed by atoms with van der Waals surface area (Å²) in [5.74, 6) is -0.788. The first-order chi connectivity index (χ1) is 13.4. The smallest absolute Gasteiger partial charge is 0.303 e. The van der Waals surface area contributed by atoms with Crippen molar-refractivity contribution in [1.82, 2.24) is 5.32 Å². The highest BCUT2D eigenvalue weighted by atomic mass is 16.4. The summed E-state index contributed by atoms with van der Waals surface area (Å²) in [5, 5.41) is 19.6. The molecule has 1 aromatic rings. The fraction of sp³-hybridized carbons (Fsp3) is 0.652. The fourth-order valence-electron chi connectivity index (χ4n) is 2.92. The summed E-state index contributed by atoms with van der Waals surface area (Å²) in [7, 11) is 0. The van der Waals surface area contributed by atoms with Gasteiger partial charge in [-0.3, -0.25) is 9.59 Å². The largest absolute Gasteiger partial charge is 0.481 e. The van der Waals surface area contributed by atoms with Crippen LogP contribution in [0.4, 0.5) is 0 Å². The van der Waals surface area contributed by atoms with Gasteiger partial charge in [0.1, 0.15) is 0 Å². The highest BCUT2D eigenvalue weighted by Crippen LogP contribution is 2.11. The van der Waals surface area contributed by atoms with Crippen molar-refractivity contribution in [2.75, 3.05) is 13.2 Å². The number of unbranched alkanes of at least 4 members (excludes halogenated alkanes) is 8. The Bertz CT molecular complexity index is 558. The van der Waals surface area contributed by atoms with Crippen LogP contribution in [0.5, 0.6) is 0 Å². The zero-order valence-electron chi connectivity index (χ0n) is 17.9. The minimum Gasteiger partial charge on any atom is -0.481 e. The number of carbonyl (C=O) groups excluding carboxylic acids is 1. The second-order valence-corrected chi connectivity index (χ2v) is 7.27. The third-order valence-corrected chi connectivity index (χ3v) is 4.52. The maximum atomic E-state index is 11.5. The van der Waals surface area contributed by atoms with Crippen LogP contribution in [0.15, 0.2) is 18.2 Å². The minimum absolute atomic E-state index is 0.0311. The normalized spacial score (nSPS) is 10.1. The summed E-state index contributed by atoms with van der Waals surface area (Å²) in [6.45, 7) is 6.39. The first kappa shape index (κ1) is 26.1. The van der Waals surface area contributed by atoms with Crippen LogP contribution < -0.4 is 5.32 Å². The van der Waals surface area contributed by atoms with E-state index in [4.69, 9.17) is 10.2 Å². The van der Waals surface area contributed by atoms with Crippen LogP contribution in [0, 0.1) is 13.8 Å². The molecule has 1 amide bonds. The van der Waals surface area contributed by atoms with E-state index in [1.54, 1.807) is 6.07 Å². The first-order valence-electron chi connectivity index (χ1n) is 10.6. The van der Waals surface area contributed by atoms with Crippen molar-refractivity contribution < 1.29 is 19.8 Å². The topological polar surface area (TPSA) is 86.6 Å². The summed E-state index contributed by atoms with van der Waals surface area (Å²) in [5.41, 5.74) is 2.77. The Hall–Kier alpha value is -1.88. The Morgan fingerprint density at radius 2 is 1.50 bits per heavy atom. The molecule has 1 aromatic carbocycles. The number of aliphatic hydroxyl groups excluding tert-OH is 1. The number of amides is 1. The number of carboxylic acids is 1. The van der Waals surface area contributed by atoms with Crippen LogP contribution in [0.3, 0.4) is 0 Å². The number of hydrogen-bond acceptors (Lipinski definition) is 3. The van der Waals surface area contributed by atoms with Crippen molar-refractivity contribution in [3.63, 3.8) is 0 Å². The molecule has 0 fully saturated rings. The van der Waals surface area contributed by atoms with Crippen molar-refractivity contribution in [3.05, 3.63) is 34.9 Å². The number of aliphatic carboxylic acids is 1. The quantitative estimate of drug-likeness (QED) is 0.411. The predicted octanol–water partition coefficient (Wildman–Crippen LogP) is 5.02. The summed E-state index contributed by atoms with van der Waals surface area (Å²) < 4.78 is 0. The summed E-state index contributed by atoms with van der Waals surface area (Å²) in [6, 6.07) is 5.67. The van der Waals surface area contributed by atoms with Gasteiger partial charge >= 0.3 is 5.97 Å². The zero-order chi connectivity index (χ0) is 21.2. The molecular weight excluding hydrogens is 354 g/mol. The van der Waals surface area contributed by atoms with E-state index in [-0.39, 0.29) is 12.5 Å². The van der Waals surface area contributed by atoms with Gasteiger partial charge in [-0.25, -0.2) is 0 Å². The van der Waals surface area contributed by atoms with Crippen LogP contribution in [0.1, 0.15) is 92.6 Å². The molecule has 0 aliphatic heterocycles. The summed E-state index contributed by atoms with van der Waals surface area (Å²) in [6.07, 6.45) is 11.5. The van der Waals surface area contributed by atoms with Gasteiger partial charge in [0.25, 0.3) is 5.91 Å². The lowest BCUT2D eigenvalue weighted by Gasteiger charge is -2.06. The van der Waals surface area contributed by atoms with Gasteiger partial charge in [0.2, 0.25) is 0 Å². The molecule has 0 aliphatic carbocycles. The number of aliphatic hydroxyl groups is 1. The van der Waals surface area contributed by atoms with Gasteiger partial charge in [0.15, 0.2) is 0 Å². The molecule has 0 aliphatic rings. The molecule has 0 unspecified atom stereocenters. The van der Waals surface area contributed by atoms with E-state index < -0.39 is 5.97 Å². The van der Waals surface area contributed by atoms with Gasteiger partial charge in [-0.05, 0) is 31.9 Å². The van der Waals surface area contributed by atoms with E-state index in [9.17, 15) is 9.59 Å². The predicted molar refractivity (Wildman–Crippen MR) is 115 cm³/mol. The molecule has 3 N–H and O–H groups in total. The molecule has 0 heterocycles. The Morgan fingerprint density at radius 3 is 2.00 bits per heavy atom. The number of hydrogen-bond donors (Lipinski definition) is 3. The van der Waals surface area contributed by atoms with Gasteiger partial charge in [-0.2, -0.15) is 0 Å². The Morgan fingerprint density at radius 1 is 0.929 bits per heavy atom. The van der Waals surface area contributed by atoms with Crippen LogP contribution in [0.25, 0.3) is 0 Å². The molecule has 5 nitrogen and oxygen atoms in total. The van der Waals surface area contributed by atoms with Crippen molar-refractivity contribution in [1.29, 1.82) is 0 Å². The van der Waals surface area contributed by atoms with E-state index in [0.717, 1.165) is 24.0 Å². The second kappa shape index (κ2) is 17.2. The maximum Gasteiger partial charge on any atom is 0.303 e. The number of carbonyl (C=O) groups is 2. The highest BCUT2D eigenvalue weighted by molar-refractivity contribution is 5.95. The molecular formula is C23H39NO4. The molecule has 0 bridgehead atoms. The van der Waals surface area contributed by atoms with Crippen LogP contribution in [-0.2, 0) is 4.79 Å². The van der Waals surface area contributed by atoms with Crippen molar-refractivity contribution in [2.24, 2.45) is 0 Å². The highest BCUT2D eigenvalue weighted by Gasteiger charge is 2.07. The van der Waals surface area contributed by atoms with Crippen LogP contribution in [-0.4, -0.2) is 35.2 Å². The number of rotatable bonds is 13. The Kier molecular flexibility index (Phi) is 16.1. The zero-order valence-corrected chi connectivity index (χ0v) is 17.9. The van der Waals surface area contributed by atoms with Gasteiger partial charge in [0, 0.05) is 18.5 Å². The number of aryl methyl sites for hydroxylation is 2. The van der Waals surface area contributed by atoms with Crippen molar-refractivity contribution in [3.8, 4) is 0 Å². The van der Waals surface area contributed by atoms with E-state index in [1.165, 1.54) is 44.9 Å². The van der Waals surface area contributed by atoms with Crippen LogP contribution >= 0.6 is 0 Å². The Balaban J connectivity index is 0.000000521. The van der Waals surface area contributed by atoms with Crippen molar-refractivity contribution >= 4 is 11.9 Å². The van der Waals surface area contributed by atoms with Crippen LogP contribution in [0.2, 0.25) is 0 Å². The van der Waals surface area contributed by atoms with E-state index in [0.29, 0.717) is 18.5 Å². The molecule has 0 saturated carbocycles. The molecule has 28 heavy (non-hydrogen) atoms. The molecule has 0 aromatic heterocycles. The third-order valence-electron chi connectivity index (χ3n) is 4.52. The lowest BCUT2D eigenvalue weighted by Crippen LogP contribution is -2.26. The molecule has 0 atom stereocenters. The van der Waals surface area contributed by atoms with E-state index in [1.807, 2.05) is 26.0 Å². The summed E-state index contributed by atoms with van der Waals surface area (Å²) >= 11 is 0. The Labute approximate surface area is 170 Å². The summed E-state index contributed by atoms with van der Waals surface area (Å²) in [4.78, 5) is 21.7. The van der Waals surface area contributed by atoms with Gasteiger partial charge in [-0.15, -0.1) is 0 Å². The molecule has 5 heteroatoms. The monoisotopic (exact) mass is 393 g/mol. The molecule has 0 radical (unpaired) electrons.